The highest BCUT2D eigenvalue weighted by Crippen LogP contribution is 2.35. The van der Waals surface area contributed by atoms with Crippen molar-refractivity contribution >= 4 is 45.2 Å². The second-order valence-corrected chi connectivity index (χ2v) is 6.96. The van der Waals surface area contributed by atoms with Gasteiger partial charge in [0.05, 0.1) is 17.3 Å². The lowest BCUT2D eigenvalue weighted by molar-refractivity contribution is 0.104. The molecule has 0 fully saturated rings. The van der Waals surface area contributed by atoms with Gasteiger partial charge < -0.3 is 9.84 Å². The summed E-state index contributed by atoms with van der Waals surface area (Å²) in [6.07, 6.45) is 9.17. The number of aromatic hydroxyl groups is 1. The normalized spacial score (nSPS) is 13.3. The molecule has 6 heteroatoms. The lowest BCUT2D eigenvalue weighted by Gasteiger charge is -2.06. The van der Waals surface area contributed by atoms with E-state index in [0.717, 1.165) is 24.1 Å². The number of methoxy groups -OCH3 is 1. The van der Waals surface area contributed by atoms with Gasteiger partial charge in [-0.1, -0.05) is 12.2 Å². The number of ether oxygens (including phenoxy) is 1. The molecule has 1 N–H and O–H groups in total. The van der Waals surface area contributed by atoms with Gasteiger partial charge in [-0.05, 0) is 58.6 Å². The number of phenols is 1. The molecule has 118 valence electrons. The van der Waals surface area contributed by atoms with E-state index in [2.05, 4.69) is 27.0 Å². The van der Waals surface area contributed by atoms with Crippen LogP contribution >= 0.6 is 27.3 Å². The molecule has 0 bridgehead atoms. The summed E-state index contributed by atoms with van der Waals surface area (Å²) < 4.78 is 5.61. The van der Waals surface area contributed by atoms with E-state index in [-0.39, 0.29) is 11.5 Å². The number of rotatable bonds is 4. The lowest BCUT2D eigenvalue weighted by Crippen LogP contribution is -1.93. The summed E-state index contributed by atoms with van der Waals surface area (Å²) in [6.45, 7) is 0. The van der Waals surface area contributed by atoms with Crippen LogP contribution < -0.4 is 4.74 Å². The fraction of sp³-hybridized carbons (Fsp3) is 0.176. The molecule has 1 heterocycles. The van der Waals surface area contributed by atoms with E-state index in [0.29, 0.717) is 15.2 Å². The van der Waals surface area contributed by atoms with Gasteiger partial charge in [-0.25, -0.2) is 4.98 Å². The number of phenolic OH excluding ortho intramolecular Hbond substituents is 1. The molecule has 3 rings (SSSR count). The highest BCUT2D eigenvalue weighted by atomic mass is 79.9. The Morgan fingerprint density at radius 1 is 1.48 bits per heavy atom. The Balaban J connectivity index is 1.82. The van der Waals surface area contributed by atoms with Crippen LogP contribution in [0.1, 0.15) is 32.4 Å². The van der Waals surface area contributed by atoms with Gasteiger partial charge in [0.15, 0.2) is 16.5 Å². The average Bonchev–Trinajstić information content (AvgIpc) is 2.99. The molecule has 0 unspecified atom stereocenters. The molecule has 1 aliphatic carbocycles. The van der Waals surface area contributed by atoms with Gasteiger partial charge in [0.25, 0.3) is 0 Å². The quantitative estimate of drug-likeness (QED) is 0.616. The number of aryl methyl sites for hydroxylation is 1. The maximum absolute atomic E-state index is 12.3. The van der Waals surface area contributed by atoms with Crippen molar-refractivity contribution in [3.05, 3.63) is 49.9 Å². The first kappa shape index (κ1) is 16.0. The zero-order valence-electron chi connectivity index (χ0n) is 12.4. The van der Waals surface area contributed by atoms with Crippen LogP contribution in [0.25, 0.3) is 12.2 Å². The van der Waals surface area contributed by atoms with E-state index in [9.17, 15) is 9.90 Å². The molecule has 0 saturated heterocycles. The Hall–Kier alpha value is -1.92. The van der Waals surface area contributed by atoms with Crippen molar-refractivity contribution in [2.45, 2.75) is 12.8 Å². The third-order valence-corrected chi connectivity index (χ3v) is 5.20. The maximum atomic E-state index is 12.3. The molecule has 0 atom stereocenters. The molecule has 0 aliphatic heterocycles. The van der Waals surface area contributed by atoms with E-state index < -0.39 is 0 Å². The van der Waals surface area contributed by atoms with Crippen LogP contribution in [0.5, 0.6) is 11.5 Å². The standard InChI is InChI=1S/C17H14BrNO3S/c1-22-14-9-10(8-11(18)16(14)21)6-7-13(20)17-19-12-4-2-3-5-15(12)23-17/h2,4,6-9,21H,3,5H2,1H3/b7-6+. The van der Waals surface area contributed by atoms with Crippen LogP contribution in [-0.2, 0) is 6.42 Å². The van der Waals surface area contributed by atoms with Crippen molar-refractivity contribution in [1.29, 1.82) is 0 Å². The van der Waals surface area contributed by atoms with E-state index in [1.807, 2.05) is 6.08 Å². The predicted molar refractivity (Wildman–Crippen MR) is 95.2 cm³/mol. The summed E-state index contributed by atoms with van der Waals surface area (Å²) in [7, 11) is 1.48. The Morgan fingerprint density at radius 2 is 2.30 bits per heavy atom. The van der Waals surface area contributed by atoms with E-state index in [1.54, 1.807) is 18.2 Å². The van der Waals surface area contributed by atoms with E-state index in [1.165, 1.54) is 29.4 Å². The molecule has 0 radical (unpaired) electrons. The number of hydrogen-bond acceptors (Lipinski definition) is 5. The topological polar surface area (TPSA) is 59.4 Å². The number of allylic oxidation sites excluding steroid dienone is 2. The third kappa shape index (κ3) is 3.38. The van der Waals surface area contributed by atoms with Gasteiger partial charge in [0, 0.05) is 4.88 Å². The minimum atomic E-state index is -0.124. The van der Waals surface area contributed by atoms with E-state index >= 15 is 0 Å². The maximum Gasteiger partial charge on any atom is 0.214 e. The van der Waals surface area contributed by atoms with Crippen LogP contribution in [0, 0.1) is 0 Å². The van der Waals surface area contributed by atoms with Crippen LogP contribution in [-0.4, -0.2) is 23.0 Å². The van der Waals surface area contributed by atoms with Gasteiger partial charge >= 0.3 is 0 Å². The molecule has 1 aromatic carbocycles. The van der Waals surface area contributed by atoms with E-state index in [4.69, 9.17) is 4.74 Å². The van der Waals surface area contributed by atoms with Crippen LogP contribution in [0.4, 0.5) is 0 Å². The molecule has 4 nitrogen and oxygen atoms in total. The van der Waals surface area contributed by atoms with Gasteiger partial charge in [-0.2, -0.15) is 0 Å². The summed E-state index contributed by atoms with van der Waals surface area (Å²) in [5.41, 5.74) is 1.66. The summed E-state index contributed by atoms with van der Waals surface area (Å²) in [6, 6.07) is 3.39. The fourth-order valence-corrected chi connectivity index (χ4v) is 3.72. The molecule has 2 aromatic rings. The monoisotopic (exact) mass is 391 g/mol. The Bertz CT molecular complexity index is 823. The molecule has 0 amide bonds. The first-order chi connectivity index (χ1) is 11.1. The second kappa shape index (κ2) is 6.68. The Labute approximate surface area is 146 Å². The molecule has 0 spiro atoms. The first-order valence-corrected chi connectivity index (χ1v) is 8.64. The number of benzene rings is 1. The number of nitrogens with zero attached hydrogens (tertiary/aromatic N) is 1. The lowest BCUT2D eigenvalue weighted by atomic mass is 10.1. The molecule has 0 saturated carbocycles. The van der Waals surface area contributed by atoms with Crippen LogP contribution in [0.2, 0.25) is 0 Å². The van der Waals surface area contributed by atoms with Crippen LogP contribution in [0.3, 0.4) is 0 Å². The van der Waals surface area contributed by atoms with Crippen LogP contribution in [0.15, 0.2) is 28.8 Å². The van der Waals surface area contributed by atoms with Crippen molar-refractivity contribution in [2.24, 2.45) is 0 Å². The predicted octanol–water partition coefficient (Wildman–Crippen LogP) is 4.48. The Morgan fingerprint density at radius 3 is 3.04 bits per heavy atom. The summed E-state index contributed by atoms with van der Waals surface area (Å²) in [4.78, 5) is 17.8. The number of fused-ring (bicyclic) bond motifs is 1. The van der Waals surface area contributed by atoms with Crippen molar-refractivity contribution in [3.8, 4) is 11.5 Å². The average molecular weight is 392 g/mol. The molecular weight excluding hydrogens is 378 g/mol. The number of thiazole rings is 1. The SMILES string of the molecule is COc1cc(/C=C/C(=O)c2nc3c(s2)CCC=C3)cc(Br)c1O. The minimum absolute atomic E-state index is 0.0374. The van der Waals surface area contributed by atoms with Crippen molar-refractivity contribution in [2.75, 3.05) is 7.11 Å². The smallest absolute Gasteiger partial charge is 0.214 e. The summed E-state index contributed by atoms with van der Waals surface area (Å²) in [5, 5.41) is 10.3. The van der Waals surface area contributed by atoms with Crippen molar-refractivity contribution < 1.29 is 14.6 Å². The van der Waals surface area contributed by atoms with Gasteiger partial charge in [-0.15, -0.1) is 11.3 Å². The number of halogens is 1. The highest BCUT2D eigenvalue weighted by molar-refractivity contribution is 9.10. The minimum Gasteiger partial charge on any atom is -0.503 e. The Kier molecular flexibility index (Phi) is 4.63. The van der Waals surface area contributed by atoms with Gasteiger partial charge in [0.2, 0.25) is 5.78 Å². The van der Waals surface area contributed by atoms with Crippen molar-refractivity contribution in [3.63, 3.8) is 0 Å². The molecule has 23 heavy (non-hydrogen) atoms. The molecule has 1 aliphatic rings. The highest BCUT2D eigenvalue weighted by Gasteiger charge is 2.15. The zero-order chi connectivity index (χ0) is 16.4. The third-order valence-electron chi connectivity index (χ3n) is 3.45. The van der Waals surface area contributed by atoms with Gasteiger partial charge in [-0.3, -0.25) is 4.79 Å². The zero-order valence-corrected chi connectivity index (χ0v) is 14.8. The molecule has 1 aromatic heterocycles. The number of hydrogen-bond donors (Lipinski definition) is 1. The van der Waals surface area contributed by atoms with Gasteiger partial charge in [0.1, 0.15) is 0 Å². The largest absolute Gasteiger partial charge is 0.503 e. The summed E-state index contributed by atoms with van der Waals surface area (Å²) in [5.74, 6) is 0.262. The number of carbonyl (C=O) groups excluding carboxylic acids is 1. The second-order valence-electron chi connectivity index (χ2n) is 5.02. The molecular formula is C17H14BrNO3S. The first-order valence-electron chi connectivity index (χ1n) is 7.03. The number of carbonyl (C=O) groups is 1. The summed E-state index contributed by atoms with van der Waals surface area (Å²) >= 11 is 4.72. The number of ketones is 1. The fourth-order valence-electron chi connectivity index (χ4n) is 2.28. The number of aromatic nitrogens is 1. The van der Waals surface area contributed by atoms with Crippen molar-refractivity contribution in [1.82, 2.24) is 4.98 Å².